The highest BCUT2D eigenvalue weighted by atomic mass is 19.4. The molecule has 13 heteroatoms. The van der Waals surface area contributed by atoms with E-state index >= 15 is 0 Å². The van der Waals surface area contributed by atoms with Gasteiger partial charge in [-0.25, -0.2) is 9.78 Å². The van der Waals surface area contributed by atoms with Gasteiger partial charge in [0.2, 0.25) is 0 Å². The van der Waals surface area contributed by atoms with Crippen molar-refractivity contribution in [3.63, 3.8) is 0 Å². The number of benzene rings is 1. The molecular formula is C26H27F3N6O4. The van der Waals surface area contributed by atoms with Crippen LogP contribution in [0.4, 0.5) is 18.0 Å². The van der Waals surface area contributed by atoms with Crippen molar-refractivity contribution in [3.05, 3.63) is 54.2 Å². The van der Waals surface area contributed by atoms with E-state index in [0.29, 0.717) is 35.0 Å². The number of pyridine rings is 2. The number of ether oxygens (including phenoxy) is 2. The molecule has 0 saturated carbocycles. The largest absolute Gasteiger partial charge is 0.488 e. The first-order chi connectivity index (χ1) is 18.6. The fourth-order valence-electron chi connectivity index (χ4n) is 4.96. The fraction of sp³-hybridized carbons (Fsp3) is 0.385. The second-order valence-corrected chi connectivity index (χ2v) is 9.52. The van der Waals surface area contributed by atoms with E-state index in [0.717, 1.165) is 5.39 Å². The van der Waals surface area contributed by atoms with E-state index in [1.807, 2.05) is 25.1 Å². The number of nitrogens with zero attached hydrogens (tertiary/aromatic N) is 5. The Morgan fingerprint density at radius 3 is 2.74 bits per heavy atom. The first kappa shape index (κ1) is 26.6. The van der Waals surface area contributed by atoms with Gasteiger partial charge in [-0.3, -0.25) is 9.30 Å². The molecule has 1 fully saturated rings. The van der Waals surface area contributed by atoms with Crippen molar-refractivity contribution in [1.82, 2.24) is 29.8 Å². The number of hydrogen-bond donors (Lipinski definition) is 2. The van der Waals surface area contributed by atoms with E-state index < -0.39 is 24.4 Å². The summed E-state index contributed by atoms with van der Waals surface area (Å²) in [5.74, 6) is 0.903. The summed E-state index contributed by atoms with van der Waals surface area (Å²) in [6.45, 7) is 2.36. The van der Waals surface area contributed by atoms with Crippen molar-refractivity contribution in [1.29, 1.82) is 0 Å². The number of carbonyl (C=O) groups is 1. The molecule has 0 bridgehead atoms. The lowest BCUT2D eigenvalue weighted by molar-refractivity contribution is -0.184. The number of fused-ring (bicyclic) bond motifs is 2. The lowest BCUT2D eigenvalue weighted by Crippen LogP contribution is -2.40. The van der Waals surface area contributed by atoms with E-state index in [1.54, 1.807) is 19.2 Å². The number of aromatic nitrogens is 4. The van der Waals surface area contributed by atoms with E-state index in [-0.39, 0.29) is 31.2 Å². The summed E-state index contributed by atoms with van der Waals surface area (Å²) in [5.41, 5.74) is 1.43. The summed E-state index contributed by atoms with van der Waals surface area (Å²) in [7, 11) is 1.60. The van der Waals surface area contributed by atoms with Crippen molar-refractivity contribution in [2.24, 2.45) is 0 Å². The number of hydrogen-bond acceptors (Lipinski definition) is 7. The summed E-state index contributed by atoms with van der Waals surface area (Å²) < 4.78 is 55.4. The molecule has 0 spiro atoms. The average Bonchev–Trinajstić information content (AvgIpc) is 3.49. The van der Waals surface area contributed by atoms with Crippen LogP contribution in [0.3, 0.4) is 0 Å². The maximum Gasteiger partial charge on any atom is 0.408 e. The van der Waals surface area contributed by atoms with Gasteiger partial charge in [-0.05, 0) is 43.2 Å². The number of halogens is 3. The zero-order chi connectivity index (χ0) is 27.7. The molecule has 5 rings (SSSR count). The Kier molecular flexibility index (Phi) is 7.28. The van der Waals surface area contributed by atoms with Crippen LogP contribution in [0.5, 0.6) is 5.75 Å². The number of rotatable bonds is 8. The Morgan fingerprint density at radius 1 is 1.21 bits per heavy atom. The van der Waals surface area contributed by atoms with Crippen molar-refractivity contribution >= 4 is 22.6 Å². The average molecular weight is 545 g/mol. The molecule has 0 radical (unpaired) electrons. The highest BCUT2D eigenvalue weighted by Gasteiger charge is 2.47. The van der Waals surface area contributed by atoms with Crippen molar-refractivity contribution in [2.75, 3.05) is 26.8 Å². The molecule has 3 atom stereocenters. The van der Waals surface area contributed by atoms with Gasteiger partial charge in [-0.1, -0.05) is 12.1 Å². The predicted molar refractivity (Wildman–Crippen MR) is 136 cm³/mol. The molecule has 1 aliphatic heterocycles. The Bertz CT molecular complexity index is 1490. The topological polar surface area (TPSA) is 114 Å². The summed E-state index contributed by atoms with van der Waals surface area (Å²) in [4.78, 5) is 16.9. The van der Waals surface area contributed by atoms with Gasteiger partial charge >= 0.3 is 12.3 Å². The lowest BCUT2D eigenvalue weighted by atomic mass is 10.1. The molecule has 39 heavy (non-hydrogen) atoms. The number of methoxy groups -OCH3 is 1. The summed E-state index contributed by atoms with van der Waals surface area (Å²) in [6.07, 6.45) is -4.35. The molecule has 10 nitrogen and oxygen atoms in total. The molecular weight excluding hydrogens is 517 g/mol. The zero-order valence-electron chi connectivity index (χ0n) is 21.2. The summed E-state index contributed by atoms with van der Waals surface area (Å²) >= 11 is 0. The number of likely N-dealkylation sites (tertiary alicyclic amines) is 1. The minimum atomic E-state index is -4.59. The van der Waals surface area contributed by atoms with Crippen molar-refractivity contribution < 1.29 is 32.5 Å². The number of alkyl halides is 3. The van der Waals surface area contributed by atoms with Crippen LogP contribution in [-0.4, -0.2) is 80.8 Å². The Morgan fingerprint density at radius 2 is 2.00 bits per heavy atom. The number of carboxylic acid groups (broad SMARTS) is 1. The smallest absolute Gasteiger partial charge is 0.408 e. The van der Waals surface area contributed by atoms with E-state index in [4.69, 9.17) is 14.6 Å². The lowest BCUT2D eigenvalue weighted by Gasteiger charge is -2.30. The molecule has 206 valence electrons. The SMILES string of the molecule is COC[C@@H](C)Oc1ccc2ccc(-c3nnc4ccc([C@@H](N5CC[C@H](NC(=O)O)C5)C(F)(F)F)cn34)nc2c1. The van der Waals surface area contributed by atoms with Crippen LogP contribution in [0.25, 0.3) is 28.1 Å². The van der Waals surface area contributed by atoms with Crippen LogP contribution in [0.2, 0.25) is 0 Å². The van der Waals surface area contributed by atoms with Crippen molar-refractivity contribution in [2.45, 2.75) is 37.7 Å². The van der Waals surface area contributed by atoms with Crippen LogP contribution in [0, 0.1) is 0 Å². The molecule has 2 N–H and O–H groups in total. The van der Waals surface area contributed by atoms with Gasteiger partial charge in [0.15, 0.2) is 11.5 Å². The zero-order valence-corrected chi connectivity index (χ0v) is 21.2. The molecule has 1 amide bonds. The van der Waals surface area contributed by atoms with Gasteiger partial charge < -0.3 is 19.9 Å². The third-order valence-electron chi connectivity index (χ3n) is 6.59. The van der Waals surface area contributed by atoms with E-state index in [9.17, 15) is 18.0 Å². The molecule has 0 aliphatic carbocycles. The molecule has 0 unspecified atom stereocenters. The highest BCUT2D eigenvalue weighted by molar-refractivity contribution is 5.82. The monoisotopic (exact) mass is 544 g/mol. The van der Waals surface area contributed by atoms with Gasteiger partial charge in [0.25, 0.3) is 0 Å². The number of amides is 1. The van der Waals surface area contributed by atoms with Gasteiger partial charge in [-0.2, -0.15) is 13.2 Å². The molecule has 1 saturated heterocycles. The quantitative estimate of drug-likeness (QED) is 0.338. The summed E-state index contributed by atoms with van der Waals surface area (Å²) in [6, 6.07) is 9.45. The standard InChI is InChI=1S/C26H27F3N6O4/c1-15(14-38-2)39-19-6-3-16-4-7-20(31-21(16)11-19)24-33-32-22-8-5-17(12-35(22)24)23(26(27,28)29)34-10-9-18(13-34)30-25(36)37/h3-8,11-12,15,18,23,30H,9-10,13-14H2,1-2H3,(H,36,37)/t15-,18+,23-/m1/s1. The second kappa shape index (κ2) is 10.7. The normalized spacial score (nSPS) is 17.9. The minimum Gasteiger partial charge on any atom is -0.488 e. The summed E-state index contributed by atoms with van der Waals surface area (Å²) in [5, 5.41) is 20.4. The Labute approximate surface area is 221 Å². The Hall–Kier alpha value is -3.97. The molecule has 3 aromatic heterocycles. The molecule has 1 aliphatic rings. The third-order valence-corrected chi connectivity index (χ3v) is 6.59. The number of nitrogens with one attached hydrogen (secondary N) is 1. The Balaban J connectivity index is 1.49. The third kappa shape index (κ3) is 5.73. The predicted octanol–water partition coefficient (Wildman–Crippen LogP) is 4.30. The van der Waals surface area contributed by atoms with Crippen molar-refractivity contribution in [3.8, 4) is 17.3 Å². The van der Waals surface area contributed by atoms with Gasteiger partial charge in [0, 0.05) is 43.9 Å². The van der Waals surface area contributed by atoms with Gasteiger partial charge in [0.1, 0.15) is 23.6 Å². The molecule has 4 heterocycles. The van der Waals surface area contributed by atoms with Crippen LogP contribution < -0.4 is 10.1 Å². The van der Waals surface area contributed by atoms with E-state index in [2.05, 4.69) is 20.5 Å². The molecule has 1 aromatic carbocycles. The maximum atomic E-state index is 14.3. The highest BCUT2D eigenvalue weighted by Crippen LogP contribution is 2.39. The molecule has 4 aromatic rings. The van der Waals surface area contributed by atoms with Gasteiger partial charge in [0.05, 0.1) is 12.1 Å². The fourth-order valence-corrected chi connectivity index (χ4v) is 4.96. The minimum absolute atomic E-state index is 0.00405. The first-order valence-corrected chi connectivity index (χ1v) is 12.3. The first-order valence-electron chi connectivity index (χ1n) is 12.3. The van der Waals surface area contributed by atoms with Gasteiger partial charge in [-0.15, -0.1) is 10.2 Å². The van der Waals surface area contributed by atoms with Crippen LogP contribution in [0.15, 0.2) is 48.7 Å². The second-order valence-electron chi connectivity index (χ2n) is 9.52. The van der Waals surface area contributed by atoms with Crippen LogP contribution in [-0.2, 0) is 4.74 Å². The van der Waals surface area contributed by atoms with Crippen LogP contribution in [0.1, 0.15) is 24.9 Å². The maximum absolute atomic E-state index is 14.3. The van der Waals surface area contributed by atoms with Crippen LogP contribution >= 0.6 is 0 Å². The van der Waals surface area contributed by atoms with E-state index in [1.165, 1.54) is 27.6 Å².